The monoisotopic (exact) mass is 320 g/mol. The summed E-state index contributed by atoms with van der Waals surface area (Å²) in [6.07, 6.45) is 3.50. The molecule has 1 atom stereocenters. The number of nitrogens with zero attached hydrogens (tertiary/aromatic N) is 1. The third-order valence-electron chi connectivity index (χ3n) is 3.32. The zero-order valence-corrected chi connectivity index (χ0v) is 13.7. The Balaban J connectivity index is 1.91. The van der Waals surface area contributed by atoms with Crippen LogP contribution in [0.4, 0.5) is 4.39 Å². The van der Waals surface area contributed by atoms with Gasteiger partial charge < -0.3 is 5.32 Å². The van der Waals surface area contributed by atoms with Crippen LogP contribution in [0.25, 0.3) is 0 Å². The average molecular weight is 320 g/mol. The molecule has 0 spiro atoms. The lowest BCUT2D eigenvalue weighted by atomic mass is 10.0. The quantitative estimate of drug-likeness (QED) is 0.834. The van der Waals surface area contributed by atoms with Crippen LogP contribution in [0.2, 0.25) is 0 Å². The first kappa shape index (κ1) is 16.6. The summed E-state index contributed by atoms with van der Waals surface area (Å²) in [5.41, 5.74) is 0.838. The Morgan fingerprint density at radius 1 is 1.41 bits per heavy atom. The summed E-state index contributed by atoms with van der Waals surface area (Å²) in [4.78, 5) is 16.5. The number of aryl methyl sites for hydroxylation is 1. The average Bonchev–Trinajstić information content (AvgIpc) is 2.98. The summed E-state index contributed by atoms with van der Waals surface area (Å²) in [6, 6.07) is 6.34. The van der Waals surface area contributed by atoms with Crippen LogP contribution >= 0.6 is 11.3 Å². The van der Waals surface area contributed by atoms with Gasteiger partial charge in [-0.25, -0.2) is 9.37 Å². The second-order valence-electron chi connectivity index (χ2n) is 5.75. The Hall–Kier alpha value is -1.75. The molecule has 5 heteroatoms. The molecule has 0 radical (unpaired) electrons. The lowest BCUT2D eigenvalue weighted by Gasteiger charge is -2.18. The molecule has 2 aromatic rings. The van der Waals surface area contributed by atoms with Crippen molar-refractivity contribution in [2.24, 2.45) is 5.92 Å². The van der Waals surface area contributed by atoms with E-state index in [2.05, 4.69) is 24.1 Å². The summed E-state index contributed by atoms with van der Waals surface area (Å²) in [7, 11) is 0. The predicted molar refractivity (Wildman–Crippen MR) is 87.2 cm³/mol. The number of hydrogen-bond acceptors (Lipinski definition) is 3. The molecule has 1 aromatic heterocycles. The highest BCUT2D eigenvalue weighted by atomic mass is 32.1. The van der Waals surface area contributed by atoms with Crippen molar-refractivity contribution in [2.75, 3.05) is 0 Å². The van der Waals surface area contributed by atoms with E-state index in [-0.39, 0.29) is 17.8 Å². The molecule has 0 aliphatic carbocycles. The van der Waals surface area contributed by atoms with Gasteiger partial charge in [-0.1, -0.05) is 26.0 Å². The van der Waals surface area contributed by atoms with E-state index >= 15 is 0 Å². The first-order valence-electron chi connectivity index (χ1n) is 7.48. The summed E-state index contributed by atoms with van der Waals surface area (Å²) < 4.78 is 13.1. The number of hydrogen-bond donors (Lipinski definition) is 1. The molecule has 0 fully saturated rings. The molecule has 0 aliphatic heterocycles. The molecule has 2 rings (SSSR count). The van der Waals surface area contributed by atoms with E-state index in [0.717, 1.165) is 17.0 Å². The van der Waals surface area contributed by atoms with Gasteiger partial charge in [0.05, 0.1) is 6.04 Å². The fourth-order valence-electron chi connectivity index (χ4n) is 2.32. The fraction of sp³-hybridized carbons (Fsp3) is 0.412. The van der Waals surface area contributed by atoms with Gasteiger partial charge in [0.1, 0.15) is 10.8 Å². The Bertz CT molecular complexity index is 598. The minimum Gasteiger partial charge on any atom is -0.347 e. The van der Waals surface area contributed by atoms with E-state index in [4.69, 9.17) is 0 Å². The minimum atomic E-state index is -0.265. The van der Waals surface area contributed by atoms with Crippen LogP contribution in [0.5, 0.6) is 0 Å². The zero-order valence-electron chi connectivity index (χ0n) is 12.9. The van der Waals surface area contributed by atoms with Crippen molar-refractivity contribution in [2.45, 2.75) is 39.2 Å². The summed E-state index contributed by atoms with van der Waals surface area (Å²) in [5.74, 6) is 0.181. The van der Waals surface area contributed by atoms with Crippen molar-refractivity contribution < 1.29 is 9.18 Å². The SMILES string of the molecule is CC(C)CC(NC(=O)CCc1cccc(F)c1)c1nccs1. The smallest absolute Gasteiger partial charge is 0.220 e. The molecule has 1 unspecified atom stereocenters. The molecule has 1 N–H and O–H groups in total. The van der Waals surface area contributed by atoms with Gasteiger partial charge in [-0.05, 0) is 36.5 Å². The number of rotatable bonds is 7. The van der Waals surface area contributed by atoms with E-state index in [0.29, 0.717) is 18.8 Å². The number of nitrogens with one attached hydrogen (secondary N) is 1. The normalized spacial score (nSPS) is 12.4. The van der Waals surface area contributed by atoms with Crippen molar-refractivity contribution >= 4 is 17.2 Å². The van der Waals surface area contributed by atoms with Crippen molar-refractivity contribution in [1.29, 1.82) is 0 Å². The van der Waals surface area contributed by atoms with Gasteiger partial charge in [-0.2, -0.15) is 0 Å². The van der Waals surface area contributed by atoms with E-state index in [1.807, 2.05) is 11.4 Å². The second kappa shape index (κ2) is 8.03. The van der Waals surface area contributed by atoms with Crippen LogP contribution in [-0.2, 0) is 11.2 Å². The van der Waals surface area contributed by atoms with Crippen molar-refractivity contribution in [3.05, 3.63) is 52.2 Å². The molecule has 118 valence electrons. The van der Waals surface area contributed by atoms with Crippen LogP contribution < -0.4 is 5.32 Å². The van der Waals surface area contributed by atoms with Gasteiger partial charge in [0, 0.05) is 18.0 Å². The molecular weight excluding hydrogens is 299 g/mol. The van der Waals surface area contributed by atoms with E-state index in [9.17, 15) is 9.18 Å². The van der Waals surface area contributed by atoms with Crippen molar-refractivity contribution in [3.63, 3.8) is 0 Å². The maximum absolute atomic E-state index is 13.1. The van der Waals surface area contributed by atoms with Crippen LogP contribution in [0.15, 0.2) is 35.8 Å². The molecule has 0 saturated heterocycles. The third kappa shape index (κ3) is 5.22. The maximum atomic E-state index is 13.1. The standard InChI is InChI=1S/C17H21FN2OS/c1-12(2)10-15(17-19-8-9-22-17)20-16(21)7-6-13-4-3-5-14(18)11-13/h3-5,8-9,11-12,15H,6-7,10H2,1-2H3,(H,20,21). The second-order valence-corrected chi connectivity index (χ2v) is 6.68. The number of benzene rings is 1. The van der Waals surface area contributed by atoms with E-state index < -0.39 is 0 Å². The van der Waals surface area contributed by atoms with Crippen LogP contribution in [0.3, 0.4) is 0 Å². The topological polar surface area (TPSA) is 42.0 Å². The molecule has 1 aromatic carbocycles. The minimum absolute atomic E-state index is 0.0230. The number of amides is 1. The summed E-state index contributed by atoms with van der Waals surface area (Å²) in [6.45, 7) is 4.25. The molecule has 0 aliphatic rings. The first-order valence-corrected chi connectivity index (χ1v) is 8.35. The highest BCUT2D eigenvalue weighted by Gasteiger charge is 2.18. The molecule has 1 heterocycles. The Morgan fingerprint density at radius 3 is 2.86 bits per heavy atom. The van der Waals surface area contributed by atoms with Gasteiger partial charge in [0.15, 0.2) is 0 Å². The Kier molecular flexibility index (Phi) is 6.07. The highest BCUT2D eigenvalue weighted by molar-refractivity contribution is 7.09. The van der Waals surface area contributed by atoms with Crippen LogP contribution in [0.1, 0.15) is 43.3 Å². The van der Waals surface area contributed by atoms with Gasteiger partial charge in [-0.3, -0.25) is 4.79 Å². The fourth-order valence-corrected chi connectivity index (χ4v) is 3.02. The van der Waals surface area contributed by atoms with Gasteiger partial charge in [0.25, 0.3) is 0 Å². The Morgan fingerprint density at radius 2 is 2.23 bits per heavy atom. The first-order chi connectivity index (χ1) is 10.5. The highest BCUT2D eigenvalue weighted by Crippen LogP contribution is 2.23. The zero-order chi connectivity index (χ0) is 15.9. The molecule has 0 saturated carbocycles. The van der Waals surface area contributed by atoms with Gasteiger partial charge in [0.2, 0.25) is 5.91 Å². The Labute approximate surface area is 134 Å². The summed E-state index contributed by atoms with van der Waals surface area (Å²) in [5, 5.41) is 5.91. The van der Waals surface area contributed by atoms with Crippen LogP contribution in [-0.4, -0.2) is 10.9 Å². The lowest BCUT2D eigenvalue weighted by molar-refractivity contribution is -0.121. The number of halogens is 1. The number of carbonyl (C=O) groups excluding carboxylic acids is 1. The largest absolute Gasteiger partial charge is 0.347 e. The van der Waals surface area contributed by atoms with Crippen LogP contribution in [0, 0.1) is 11.7 Å². The molecular formula is C17H21FN2OS. The predicted octanol–water partition coefficient (Wildman–Crippen LogP) is 4.12. The van der Waals surface area contributed by atoms with Crippen molar-refractivity contribution in [3.8, 4) is 0 Å². The molecule has 3 nitrogen and oxygen atoms in total. The van der Waals surface area contributed by atoms with E-state index in [1.54, 1.807) is 23.6 Å². The van der Waals surface area contributed by atoms with E-state index in [1.165, 1.54) is 12.1 Å². The molecule has 1 amide bonds. The number of carbonyl (C=O) groups is 1. The lowest BCUT2D eigenvalue weighted by Crippen LogP contribution is -2.29. The number of thiazole rings is 1. The maximum Gasteiger partial charge on any atom is 0.220 e. The molecule has 22 heavy (non-hydrogen) atoms. The molecule has 0 bridgehead atoms. The third-order valence-corrected chi connectivity index (χ3v) is 4.21. The number of aromatic nitrogens is 1. The van der Waals surface area contributed by atoms with Crippen molar-refractivity contribution in [1.82, 2.24) is 10.3 Å². The van der Waals surface area contributed by atoms with Gasteiger partial charge >= 0.3 is 0 Å². The van der Waals surface area contributed by atoms with Gasteiger partial charge in [-0.15, -0.1) is 11.3 Å². The summed E-state index contributed by atoms with van der Waals surface area (Å²) >= 11 is 1.56.